The van der Waals surface area contributed by atoms with Crippen LogP contribution in [0, 0.1) is 6.92 Å². The molecular weight excluding hydrogens is 506 g/mol. The first kappa shape index (κ1) is 26.9. The molecule has 0 aromatic heterocycles. The third-order valence-corrected chi connectivity index (χ3v) is 7.22. The lowest BCUT2D eigenvalue weighted by Gasteiger charge is -2.32. The van der Waals surface area contributed by atoms with Crippen molar-refractivity contribution in [1.82, 2.24) is 10.2 Å². The van der Waals surface area contributed by atoms with E-state index in [2.05, 4.69) is 21.2 Å². The van der Waals surface area contributed by atoms with E-state index in [1.165, 1.54) is 4.90 Å². The monoisotopic (exact) mass is 537 g/mol. The van der Waals surface area contributed by atoms with Crippen molar-refractivity contribution in [3.05, 3.63) is 64.1 Å². The molecule has 0 saturated carbocycles. The van der Waals surface area contributed by atoms with E-state index >= 15 is 0 Å². The number of hydrogen-bond acceptors (Lipinski definition) is 4. The summed E-state index contributed by atoms with van der Waals surface area (Å²) in [6.07, 6.45) is 1.61. The van der Waals surface area contributed by atoms with E-state index in [0.29, 0.717) is 12.1 Å². The van der Waals surface area contributed by atoms with Crippen LogP contribution in [-0.2, 0) is 26.0 Å². The van der Waals surface area contributed by atoms with E-state index in [9.17, 15) is 18.0 Å². The second kappa shape index (κ2) is 11.7. The lowest BCUT2D eigenvalue weighted by molar-refractivity contribution is -0.139. The average Bonchev–Trinajstić information content (AvgIpc) is 2.73. The standard InChI is InChI=1S/C24H32BrN3O4S/c1-17(2)26-24(30)19(4)27(14-13-20-9-7-6-8-10-20)23(29)16-28(33(5,31)32)21-11-12-22(25)18(3)15-21/h6-12,15,17,19H,13-14,16H2,1-5H3,(H,26,30)/t19-/m1/s1. The molecule has 2 aromatic rings. The number of benzene rings is 2. The molecule has 0 saturated heterocycles. The minimum atomic E-state index is -3.74. The maximum absolute atomic E-state index is 13.4. The number of nitrogens with zero attached hydrogens (tertiary/aromatic N) is 2. The number of rotatable bonds is 10. The zero-order valence-corrected chi connectivity index (χ0v) is 22.1. The molecule has 2 rings (SSSR count). The molecule has 0 bridgehead atoms. The van der Waals surface area contributed by atoms with Crippen molar-refractivity contribution in [2.24, 2.45) is 0 Å². The zero-order valence-electron chi connectivity index (χ0n) is 19.7. The molecule has 0 aliphatic carbocycles. The fraction of sp³-hybridized carbons (Fsp3) is 0.417. The Morgan fingerprint density at radius 3 is 2.24 bits per heavy atom. The Labute approximate surface area is 205 Å². The molecule has 0 fully saturated rings. The predicted octanol–water partition coefficient (Wildman–Crippen LogP) is 3.51. The summed E-state index contributed by atoms with van der Waals surface area (Å²) in [6.45, 7) is 7.10. The number of hydrogen-bond donors (Lipinski definition) is 1. The number of nitrogens with one attached hydrogen (secondary N) is 1. The lowest BCUT2D eigenvalue weighted by atomic mass is 10.1. The van der Waals surface area contributed by atoms with Crippen molar-refractivity contribution < 1.29 is 18.0 Å². The first-order chi connectivity index (χ1) is 15.4. The van der Waals surface area contributed by atoms with E-state index in [-0.39, 0.29) is 18.5 Å². The molecule has 0 radical (unpaired) electrons. The Balaban J connectivity index is 2.33. The molecule has 1 N–H and O–H groups in total. The molecule has 2 amide bonds. The molecule has 9 heteroatoms. The Morgan fingerprint density at radius 1 is 1.06 bits per heavy atom. The minimum Gasteiger partial charge on any atom is -0.352 e. The molecule has 0 unspecified atom stereocenters. The zero-order chi connectivity index (χ0) is 24.8. The Hall–Kier alpha value is -2.39. The Kier molecular flexibility index (Phi) is 9.48. The highest BCUT2D eigenvalue weighted by Crippen LogP contribution is 2.25. The van der Waals surface area contributed by atoms with Gasteiger partial charge in [0.1, 0.15) is 12.6 Å². The van der Waals surface area contributed by atoms with Gasteiger partial charge >= 0.3 is 0 Å². The van der Waals surface area contributed by atoms with Crippen LogP contribution in [0.15, 0.2) is 53.0 Å². The topological polar surface area (TPSA) is 86.8 Å². The summed E-state index contributed by atoms with van der Waals surface area (Å²) in [6, 6.07) is 13.9. The predicted molar refractivity (Wildman–Crippen MR) is 136 cm³/mol. The highest BCUT2D eigenvalue weighted by molar-refractivity contribution is 9.10. The maximum Gasteiger partial charge on any atom is 0.244 e. The first-order valence-corrected chi connectivity index (χ1v) is 13.4. The fourth-order valence-corrected chi connectivity index (χ4v) is 4.46. The summed E-state index contributed by atoms with van der Waals surface area (Å²) in [4.78, 5) is 27.6. The molecule has 180 valence electrons. The molecule has 1 atom stereocenters. The molecule has 33 heavy (non-hydrogen) atoms. The number of halogens is 1. The van der Waals surface area contributed by atoms with Gasteiger partial charge in [-0.1, -0.05) is 46.3 Å². The van der Waals surface area contributed by atoms with Gasteiger partial charge in [-0.25, -0.2) is 8.42 Å². The highest BCUT2D eigenvalue weighted by Gasteiger charge is 2.30. The van der Waals surface area contributed by atoms with Crippen LogP contribution >= 0.6 is 15.9 Å². The van der Waals surface area contributed by atoms with Gasteiger partial charge in [0.05, 0.1) is 11.9 Å². The van der Waals surface area contributed by atoms with Crippen molar-refractivity contribution in [2.45, 2.75) is 46.2 Å². The van der Waals surface area contributed by atoms with E-state index in [1.807, 2.05) is 51.1 Å². The molecule has 0 spiro atoms. The van der Waals surface area contributed by atoms with E-state index < -0.39 is 28.5 Å². The van der Waals surface area contributed by atoms with Crippen LogP contribution in [0.25, 0.3) is 0 Å². The van der Waals surface area contributed by atoms with Crippen LogP contribution in [0.1, 0.15) is 31.9 Å². The Bertz CT molecular complexity index is 1070. The number of sulfonamides is 1. The molecule has 7 nitrogen and oxygen atoms in total. The number of anilines is 1. The average molecular weight is 539 g/mol. The van der Waals surface area contributed by atoms with Gasteiger partial charge in [0, 0.05) is 17.1 Å². The van der Waals surface area contributed by atoms with E-state index in [4.69, 9.17) is 0 Å². The van der Waals surface area contributed by atoms with Gasteiger partial charge in [-0.3, -0.25) is 13.9 Å². The van der Waals surface area contributed by atoms with Crippen LogP contribution in [0.3, 0.4) is 0 Å². The van der Waals surface area contributed by atoms with Gasteiger partial charge in [0.2, 0.25) is 21.8 Å². The molecule has 2 aromatic carbocycles. The van der Waals surface area contributed by atoms with Crippen molar-refractivity contribution in [3.63, 3.8) is 0 Å². The first-order valence-electron chi connectivity index (χ1n) is 10.8. The number of carbonyl (C=O) groups excluding carboxylic acids is 2. The summed E-state index contributed by atoms with van der Waals surface area (Å²) < 4.78 is 27.1. The largest absolute Gasteiger partial charge is 0.352 e. The molecular formula is C24H32BrN3O4S. The number of aryl methyl sites for hydroxylation is 1. The summed E-state index contributed by atoms with van der Waals surface area (Å²) in [5, 5.41) is 2.84. The Morgan fingerprint density at radius 2 is 1.70 bits per heavy atom. The van der Waals surface area contributed by atoms with Gasteiger partial charge in [-0.2, -0.15) is 0 Å². The van der Waals surface area contributed by atoms with Gasteiger partial charge in [0.15, 0.2) is 0 Å². The molecule has 0 heterocycles. The van der Waals surface area contributed by atoms with E-state index in [1.54, 1.807) is 25.1 Å². The van der Waals surface area contributed by atoms with E-state index in [0.717, 1.165) is 26.2 Å². The lowest BCUT2D eigenvalue weighted by Crippen LogP contribution is -2.53. The normalized spacial score (nSPS) is 12.3. The van der Waals surface area contributed by atoms with Gasteiger partial charge in [-0.05, 0) is 63.4 Å². The van der Waals surface area contributed by atoms with Gasteiger partial charge < -0.3 is 10.2 Å². The third kappa shape index (κ3) is 7.85. The second-order valence-electron chi connectivity index (χ2n) is 8.37. The van der Waals surface area contributed by atoms with Crippen LogP contribution in [-0.4, -0.2) is 56.6 Å². The minimum absolute atomic E-state index is 0.0794. The summed E-state index contributed by atoms with van der Waals surface area (Å²) in [5.74, 6) is -0.722. The van der Waals surface area contributed by atoms with Crippen LogP contribution in [0.4, 0.5) is 5.69 Å². The van der Waals surface area contributed by atoms with Gasteiger partial charge in [-0.15, -0.1) is 0 Å². The SMILES string of the molecule is Cc1cc(N(CC(=O)N(CCc2ccccc2)[C@H](C)C(=O)NC(C)C)S(C)(=O)=O)ccc1Br. The second-order valence-corrected chi connectivity index (χ2v) is 11.1. The van der Waals surface area contributed by atoms with Crippen molar-refractivity contribution in [1.29, 1.82) is 0 Å². The third-order valence-electron chi connectivity index (χ3n) is 5.19. The van der Waals surface area contributed by atoms with Crippen LogP contribution in [0.2, 0.25) is 0 Å². The fourth-order valence-electron chi connectivity index (χ4n) is 3.37. The van der Waals surface area contributed by atoms with Crippen LogP contribution < -0.4 is 9.62 Å². The summed E-state index contributed by atoms with van der Waals surface area (Å²) in [7, 11) is -3.74. The maximum atomic E-state index is 13.4. The van der Waals surface area contributed by atoms with Crippen LogP contribution in [0.5, 0.6) is 0 Å². The highest BCUT2D eigenvalue weighted by atomic mass is 79.9. The summed E-state index contributed by atoms with van der Waals surface area (Å²) >= 11 is 3.41. The quantitative estimate of drug-likeness (QED) is 0.502. The smallest absolute Gasteiger partial charge is 0.244 e. The molecule has 0 aliphatic rings. The number of amides is 2. The number of carbonyl (C=O) groups is 2. The van der Waals surface area contributed by atoms with Crippen molar-refractivity contribution >= 4 is 43.5 Å². The van der Waals surface area contributed by atoms with Crippen molar-refractivity contribution in [2.75, 3.05) is 23.7 Å². The van der Waals surface area contributed by atoms with Gasteiger partial charge in [0.25, 0.3) is 0 Å². The summed E-state index contributed by atoms with van der Waals surface area (Å²) in [5.41, 5.74) is 2.27. The van der Waals surface area contributed by atoms with Crippen molar-refractivity contribution in [3.8, 4) is 0 Å². The molecule has 0 aliphatic heterocycles.